The highest BCUT2D eigenvalue weighted by Crippen LogP contribution is 2.52. The first-order valence-electron chi connectivity index (χ1n) is 6.49. The minimum atomic E-state index is -1.11. The van der Waals surface area contributed by atoms with Crippen LogP contribution in [0.25, 0.3) is 0 Å². The molecule has 4 unspecified atom stereocenters. The Labute approximate surface area is 129 Å². The molecule has 1 saturated heterocycles. The van der Waals surface area contributed by atoms with Crippen molar-refractivity contribution in [2.24, 2.45) is 11.8 Å². The van der Waals surface area contributed by atoms with E-state index in [4.69, 9.17) is 0 Å². The standard InChI is InChI=1S/C13H14N2O4S2/c1-5-8-7(6(2)16)11(17)15(8)9(12(18)19)10(5)21-13-14-3-4-20-13/h3-8,16H,1-2H3,(H,18,19). The normalized spacial score (nSPS) is 29.4. The Hall–Kier alpha value is -1.38. The predicted molar refractivity (Wildman–Crippen MR) is 77.6 cm³/mol. The number of fused-ring (bicyclic) bond motifs is 1. The first-order valence-corrected chi connectivity index (χ1v) is 8.19. The number of aliphatic hydroxyl groups excluding tert-OH is 1. The highest BCUT2D eigenvalue weighted by Gasteiger charge is 2.60. The lowest BCUT2D eigenvalue weighted by atomic mass is 9.79. The van der Waals surface area contributed by atoms with Crippen LogP contribution in [0.3, 0.4) is 0 Å². The number of hydrogen-bond donors (Lipinski definition) is 2. The second-order valence-electron chi connectivity index (χ2n) is 5.17. The van der Waals surface area contributed by atoms with Gasteiger partial charge in [0, 0.05) is 22.4 Å². The number of carbonyl (C=O) groups is 2. The van der Waals surface area contributed by atoms with Crippen LogP contribution in [0.15, 0.2) is 26.5 Å². The van der Waals surface area contributed by atoms with Gasteiger partial charge in [0.2, 0.25) is 5.91 Å². The summed E-state index contributed by atoms with van der Waals surface area (Å²) in [5, 5.41) is 21.0. The van der Waals surface area contributed by atoms with Crippen molar-refractivity contribution in [1.82, 2.24) is 9.88 Å². The Bertz CT molecular complexity index is 626. The molecule has 3 rings (SSSR count). The molecule has 112 valence electrons. The zero-order chi connectivity index (χ0) is 15.3. The molecule has 0 bridgehead atoms. The number of β-lactam (4-membered cyclic amide) rings is 1. The van der Waals surface area contributed by atoms with E-state index in [1.54, 1.807) is 13.1 Å². The van der Waals surface area contributed by atoms with Crippen molar-refractivity contribution in [3.05, 3.63) is 22.2 Å². The van der Waals surface area contributed by atoms with Crippen molar-refractivity contribution in [2.45, 2.75) is 30.3 Å². The van der Waals surface area contributed by atoms with E-state index in [1.165, 1.54) is 28.0 Å². The quantitative estimate of drug-likeness (QED) is 0.813. The summed E-state index contributed by atoms with van der Waals surface area (Å²) in [4.78, 5) is 29.8. The number of carbonyl (C=O) groups excluding carboxylic acids is 1. The largest absolute Gasteiger partial charge is 0.477 e. The van der Waals surface area contributed by atoms with Crippen LogP contribution in [-0.4, -0.2) is 44.1 Å². The molecular formula is C13H14N2O4S2. The molecule has 8 heteroatoms. The molecule has 0 spiro atoms. The topological polar surface area (TPSA) is 90.7 Å². The van der Waals surface area contributed by atoms with Crippen LogP contribution < -0.4 is 0 Å². The van der Waals surface area contributed by atoms with E-state index < -0.39 is 18.0 Å². The number of aliphatic carboxylic acids is 1. The summed E-state index contributed by atoms with van der Waals surface area (Å²) in [6.07, 6.45) is 0.882. The maximum atomic E-state index is 12.1. The van der Waals surface area contributed by atoms with Gasteiger partial charge in [-0.3, -0.25) is 4.79 Å². The molecule has 4 atom stereocenters. The van der Waals surface area contributed by atoms with Gasteiger partial charge in [0.15, 0.2) is 4.34 Å². The van der Waals surface area contributed by atoms with Gasteiger partial charge in [0.1, 0.15) is 5.70 Å². The third kappa shape index (κ3) is 2.09. The van der Waals surface area contributed by atoms with Crippen molar-refractivity contribution in [1.29, 1.82) is 0 Å². The summed E-state index contributed by atoms with van der Waals surface area (Å²) in [5.74, 6) is -2.07. The fraction of sp³-hybridized carbons (Fsp3) is 0.462. The molecule has 1 fully saturated rings. The number of amides is 1. The molecule has 21 heavy (non-hydrogen) atoms. The smallest absolute Gasteiger partial charge is 0.353 e. The van der Waals surface area contributed by atoms with Crippen LogP contribution >= 0.6 is 23.1 Å². The van der Waals surface area contributed by atoms with Gasteiger partial charge in [-0.25, -0.2) is 9.78 Å². The molecule has 1 aromatic rings. The Morgan fingerprint density at radius 1 is 1.57 bits per heavy atom. The molecule has 3 heterocycles. The monoisotopic (exact) mass is 326 g/mol. The van der Waals surface area contributed by atoms with Crippen LogP contribution in [0, 0.1) is 11.8 Å². The highest BCUT2D eigenvalue weighted by atomic mass is 32.2. The van der Waals surface area contributed by atoms with Gasteiger partial charge in [-0.15, -0.1) is 11.3 Å². The van der Waals surface area contributed by atoms with Gasteiger partial charge >= 0.3 is 5.97 Å². The van der Waals surface area contributed by atoms with Crippen molar-refractivity contribution in [3.8, 4) is 0 Å². The number of thiazole rings is 1. The Morgan fingerprint density at radius 3 is 2.81 bits per heavy atom. The molecule has 2 aliphatic rings. The SMILES string of the molecule is CC(O)C1C(=O)N2C(C(=O)O)=C(Sc3nccs3)C(C)C12. The number of aliphatic hydroxyl groups is 1. The van der Waals surface area contributed by atoms with Gasteiger partial charge in [0.05, 0.1) is 18.1 Å². The van der Waals surface area contributed by atoms with Gasteiger partial charge in [-0.1, -0.05) is 18.7 Å². The van der Waals surface area contributed by atoms with E-state index >= 15 is 0 Å². The summed E-state index contributed by atoms with van der Waals surface area (Å²) in [7, 11) is 0. The van der Waals surface area contributed by atoms with Crippen LogP contribution in [0.4, 0.5) is 0 Å². The molecule has 0 saturated carbocycles. The molecule has 6 nitrogen and oxygen atoms in total. The first-order chi connectivity index (χ1) is 9.93. The maximum absolute atomic E-state index is 12.1. The van der Waals surface area contributed by atoms with Crippen LogP contribution in [-0.2, 0) is 9.59 Å². The van der Waals surface area contributed by atoms with Crippen LogP contribution in [0.5, 0.6) is 0 Å². The Balaban J connectivity index is 1.97. The highest BCUT2D eigenvalue weighted by molar-refractivity contribution is 8.04. The third-order valence-corrected chi connectivity index (χ3v) is 6.09. The van der Waals surface area contributed by atoms with Gasteiger partial charge in [-0.2, -0.15) is 0 Å². The first kappa shape index (κ1) is 14.6. The summed E-state index contributed by atoms with van der Waals surface area (Å²) in [6.45, 7) is 3.46. The zero-order valence-corrected chi connectivity index (χ0v) is 13.0. The van der Waals surface area contributed by atoms with E-state index in [9.17, 15) is 19.8 Å². The number of carboxylic acid groups (broad SMARTS) is 1. The summed E-state index contributed by atoms with van der Waals surface area (Å²) in [6, 6.07) is -0.272. The summed E-state index contributed by atoms with van der Waals surface area (Å²) < 4.78 is 0.749. The molecule has 1 aromatic heterocycles. The molecule has 2 aliphatic heterocycles. The van der Waals surface area contributed by atoms with E-state index in [0.29, 0.717) is 4.91 Å². The fourth-order valence-electron chi connectivity index (χ4n) is 3.01. The molecule has 0 radical (unpaired) electrons. The molecular weight excluding hydrogens is 312 g/mol. The average molecular weight is 326 g/mol. The lowest BCUT2D eigenvalue weighted by Crippen LogP contribution is -2.63. The predicted octanol–water partition coefficient (Wildman–Crippen LogP) is 1.39. The number of aromatic nitrogens is 1. The lowest BCUT2D eigenvalue weighted by molar-refractivity contribution is -0.163. The molecule has 2 N–H and O–H groups in total. The minimum absolute atomic E-state index is 0.0367. The third-order valence-electron chi connectivity index (χ3n) is 3.92. The summed E-state index contributed by atoms with van der Waals surface area (Å²) in [5.41, 5.74) is 0.0367. The number of carboxylic acids is 1. The van der Waals surface area contributed by atoms with Crippen LogP contribution in [0.1, 0.15) is 13.8 Å². The minimum Gasteiger partial charge on any atom is -0.477 e. The van der Waals surface area contributed by atoms with Gasteiger partial charge in [-0.05, 0) is 6.92 Å². The van der Waals surface area contributed by atoms with E-state index in [-0.39, 0.29) is 23.6 Å². The fourth-order valence-corrected chi connectivity index (χ4v) is 4.91. The molecule has 0 aliphatic carbocycles. The number of rotatable bonds is 4. The van der Waals surface area contributed by atoms with Crippen LogP contribution in [0.2, 0.25) is 0 Å². The number of nitrogens with zero attached hydrogens (tertiary/aromatic N) is 2. The van der Waals surface area contributed by atoms with Gasteiger partial charge < -0.3 is 15.1 Å². The average Bonchev–Trinajstić information content (AvgIpc) is 2.97. The zero-order valence-electron chi connectivity index (χ0n) is 11.4. The van der Waals surface area contributed by atoms with Crippen molar-refractivity contribution >= 4 is 35.0 Å². The van der Waals surface area contributed by atoms with Crippen molar-refractivity contribution < 1.29 is 19.8 Å². The maximum Gasteiger partial charge on any atom is 0.353 e. The van der Waals surface area contributed by atoms with E-state index in [2.05, 4.69) is 4.98 Å². The van der Waals surface area contributed by atoms with Crippen molar-refractivity contribution in [3.63, 3.8) is 0 Å². The number of thioether (sulfide) groups is 1. The Kier molecular flexibility index (Phi) is 3.54. The van der Waals surface area contributed by atoms with Crippen molar-refractivity contribution in [2.75, 3.05) is 0 Å². The van der Waals surface area contributed by atoms with E-state index in [1.807, 2.05) is 12.3 Å². The second kappa shape index (κ2) is 5.11. The second-order valence-corrected chi connectivity index (χ2v) is 7.36. The van der Waals surface area contributed by atoms with Gasteiger partial charge in [0.25, 0.3) is 0 Å². The number of hydrogen-bond acceptors (Lipinski definition) is 6. The van der Waals surface area contributed by atoms with E-state index in [0.717, 1.165) is 4.34 Å². The lowest BCUT2D eigenvalue weighted by Gasteiger charge is -2.46. The molecule has 1 amide bonds. The summed E-state index contributed by atoms with van der Waals surface area (Å²) >= 11 is 2.72. The Morgan fingerprint density at radius 2 is 2.29 bits per heavy atom. The molecule has 0 aromatic carbocycles.